The zero-order valence-electron chi connectivity index (χ0n) is 11.7. The van der Waals surface area contributed by atoms with Crippen LogP contribution in [0.15, 0.2) is 16.8 Å². The molecule has 20 heavy (non-hydrogen) atoms. The van der Waals surface area contributed by atoms with Gasteiger partial charge in [-0.25, -0.2) is 12.7 Å². The lowest BCUT2D eigenvalue weighted by Crippen LogP contribution is -2.42. The quantitative estimate of drug-likeness (QED) is 0.824. The van der Waals surface area contributed by atoms with Crippen LogP contribution in [0.4, 0.5) is 0 Å². The van der Waals surface area contributed by atoms with E-state index in [1.807, 2.05) is 11.8 Å². The average molecular weight is 335 g/mol. The van der Waals surface area contributed by atoms with Crippen molar-refractivity contribution in [1.29, 1.82) is 0 Å². The normalized spacial score (nSPS) is 19.1. The number of sulfonamides is 1. The molecule has 0 radical (unpaired) electrons. The first-order chi connectivity index (χ1) is 9.58. The second-order valence-electron chi connectivity index (χ2n) is 5.02. The number of nitrogens with one attached hydrogen (secondary N) is 1. The van der Waals surface area contributed by atoms with Gasteiger partial charge in [0.05, 0.1) is 5.75 Å². The molecule has 1 aliphatic rings. The Kier molecular flexibility index (Phi) is 6.35. The summed E-state index contributed by atoms with van der Waals surface area (Å²) in [5, 5.41) is 7.52. The summed E-state index contributed by atoms with van der Waals surface area (Å²) in [6, 6.07) is 2.42. The highest BCUT2D eigenvalue weighted by Gasteiger charge is 2.23. The molecule has 4 nitrogen and oxygen atoms in total. The van der Waals surface area contributed by atoms with Crippen LogP contribution in [-0.2, 0) is 16.4 Å². The molecular formula is C13H22N2O2S3. The molecule has 1 aromatic heterocycles. The Morgan fingerprint density at radius 1 is 1.40 bits per heavy atom. The van der Waals surface area contributed by atoms with Gasteiger partial charge in [-0.1, -0.05) is 0 Å². The summed E-state index contributed by atoms with van der Waals surface area (Å²) in [5.74, 6) is 2.04. The molecule has 1 atom stereocenters. The average Bonchev–Trinajstić information content (AvgIpc) is 2.92. The standard InChI is InChI=1S/C13H22N2O2S3/c1-12(10-13-2-6-19-11-13)14-3-9-20(16,17)15-4-7-18-8-5-15/h2,6,11-12,14H,3-5,7-10H2,1H3/t12-/m0/s1. The van der Waals surface area contributed by atoms with E-state index in [1.54, 1.807) is 15.6 Å². The van der Waals surface area contributed by atoms with Crippen molar-refractivity contribution in [2.75, 3.05) is 36.9 Å². The minimum Gasteiger partial charge on any atom is -0.313 e. The van der Waals surface area contributed by atoms with Gasteiger partial charge in [-0.3, -0.25) is 0 Å². The molecule has 2 rings (SSSR count). The van der Waals surface area contributed by atoms with Gasteiger partial charge >= 0.3 is 0 Å². The molecule has 0 spiro atoms. The van der Waals surface area contributed by atoms with Crippen molar-refractivity contribution in [3.8, 4) is 0 Å². The first-order valence-corrected chi connectivity index (χ1v) is 10.6. The van der Waals surface area contributed by atoms with Gasteiger partial charge in [-0.2, -0.15) is 23.1 Å². The lowest BCUT2D eigenvalue weighted by molar-refractivity contribution is 0.440. The van der Waals surface area contributed by atoms with Crippen molar-refractivity contribution in [2.45, 2.75) is 19.4 Å². The topological polar surface area (TPSA) is 49.4 Å². The first-order valence-electron chi connectivity index (χ1n) is 6.88. The Bertz CT molecular complexity index is 482. The molecule has 0 unspecified atom stereocenters. The van der Waals surface area contributed by atoms with Crippen molar-refractivity contribution < 1.29 is 8.42 Å². The Morgan fingerprint density at radius 3 is 2.80 bits per heavy atom. The molecule has 0 amide bonds. The van der Waals surface area contributed by atoms with Crippen molar-refractivity contribution >= 4 is 33.1 Å². The number of thioether (sulfide) groups is 1. The molecule has 1 aliphatic heterocycles. The summed E-state index contributed by atoms with van der Waals surface area (Å²) in [7, 11) is -3.08. The number of hydrogen-bond acceptors (Lipinski definition) is 5. The fourth-order valence-corrected chi connectivity index (χ4v) is 5.41. The molecule has 0 bridgehead atoms. The van der Waals surface area contributed by atoms with Gasteiger partial charge in [0.1, 0.15) is 0 Å². The van der Waals surface area contributed by atoms with E-state index in [0.717, 1.165) is 17.9 Å². The molecule has 0 aromatic carbocycles. The van der Waals surface area contributed by atoms with Gasteiger partial charge in [0.25, 0.3) is 0 Å². The van der Waals surface area contributed by atoms with E-state index in [4.69, 9.17) is 0 Å². The zero-order chi connectivity index (χ0) is 14.4. The summed E-state index contributed by atoms with van der Waals surface area (Å²) in [4.78, 5) is 0. The summed E-state index contributed by atoms with van der Waals surface area (Å²) in [6.07, 6.45) is 0.948. The third-order valence-corrected chi connectivity index (χ3v) is 6.88. The van der Waals surface area contributed by atoms with Crippen LogP contribution >= 0.6 is 23.1 Å². The van der Waals surface area contributed by atoms with Gasteiger partial charge < -0.3 is 5.32 Å². The molecule has 1 N–H and O–H groups in total. The molecule has 114 valence electrons. The van der Waals surface area contributed by atoms with Gasteiger partial charge in [0.2, 0.25) is 10.0 Å². The van der Waals surface area contributed by atoms with Crippen LogP contribution in [0.1, 0.15) is 12.5 Å². The van der Waals surface area contributed by atoms with Crippen molar-refractivity contribution in [2.24, 2.45) is 0 Å². The maximum atomic E-state index is 12.2. The minimum absolute atomic E-state index is 0.200. The second-order valence-corrected chi connectivity index (χ2v) is 9.11. The summed E-state index contributed by atoms with van der Waals surface area (Å²) in [5.41, 5.74) is 1.31. The first kappa shape index (κ1) is 16.3. The van der Waals surface area contributed by atoms with Crippen LogP contribution in [0.3, 0.4) is 0 Å². The molecule has 0 aliphatic carbocycles. The predicted octanol–water partition coefficient (Wildman–Crippen LogP) is 1.65. The molecule has 7 heteroatoms. The van der Waals surface area contributed by atoms with Crippen LogP contribution in [0.2, 0.25) is 0 Å². The highest BCUT2D eigenvalue weighted by Crippen LogP contribution is 2.13. The number of hydrogen-bond donors (Lipinski definition) is 1. The zero-order valence-corrected chi connectivity index (χ0v) is 14.2. The Morgan fingerprint density at radius 2 is 2.15 bits per heavy atom. The smallest absolute Gasteiger partial charge is 0.215 e. The van der Waals surface area contributed by atoms with Crippen LogP contribution in [-0.4, -0.2) is 55.7 Å². The monoisotopic (exact) mass is 334 g/mol. The van der Waals surface area contributed by atoms with Gasteiger partial charge in [0, 0.05) is 37.2 Å². The van der Waals surface area contributed by atoms with Crippen LogP contribution in [0.25, 0.3) is 0 Å². The predicted molar refractivity (Wildman–Crippen MR) is 88.2 cm³/mol. The van der Waals surface area contributed by atoms with E-state index < -0.39 is 10.0 Å². The molecule has 2 heterocycles. The van der Waals surface area contributed by atoms with Crippen molar-refractivity contribution in [3.63, 3.8) is 0 Å². The maximum absolute atomic E-state index is 12.2. The van der Waals surface area contributed by atoms with Crippen LogP contribution < -0.4 is 5.32 Å². The van der Waals surface area contributed by atoms with Crippen LogP contribution in [0, 0.1) is 0 Å². The summed E-state index contributed by atoms with van der Waals surface area (Å²) in [6.45, 7) is 3.95. The largest absolute Gasteiger partial charge is 0.313 e. The number of thiophene rings is 1. The highest BCUT2D eigenvalue weighted by molar-refractivity contribution is 7.99. The third kappa shape index (κ3) is 5.04. The molecule has 1 aromatic rings. The summed E-state index contributed by atoms with van der Waals surface area (Å²) >= 11 is 3.52. The lowest BCUT2D eigenvalue weighted by Gasteiger charge is -2.26. The van der Waals surface area contributed by atoms with Gasteiger partial charge in [-0.05, 0) is 35.7 Å². The van der Waals surface area contributed by atoms with Crippen molar-refractivity contribution in [3.05, 3.63) is 22.4 Å². The SMILES string of the molecule is C[C@@H](Cc1ccsc1)NCCS(=O)(=O)N1CCSCC1. The number of nitrogens with zero attached hydrogens (tertiary/aromatic N) is 1. The Balaban J connectivity index is 1.71. The van der Waals surface area contributed by atoms with Crippen molar-refractivity contribution in [1.82, 2.24) is 9.62 Å². The van der Waals surface area contributed by atoms with E-state index in [9.17, 15) is 8.42 Å². The maximum Gasteiger partial charge on any atom is 0.215 e. The van der Waals surface area contributed by atoms with Gasteiger partial charge in [-0.15, -0.1) is 0 Å². The van der Waals surface area contributed by atoms with Crippen LogP contribution in [0.5, 0.6) is 0 Å². The fraction of sp³-hybridized carbons (Fsp3) is 0.692. The van der Waals surface area contributed by atoms with E-state index in [1.165, 1.54) is 5.56 Å². The fourth-order valence-electron chi connectivity index (χ4n) is 2.22. The summed E-state index contributed by atoms with van der Waals surface area (Å²) < 4.78 is 26.0. The second kappa shape index (κ2) is 7.79. The molecule has 0 saturated carbocycles. The molecular weight excluding hydrogens is 312 g/mol. The Hall–Kier alpha value is -0.0800. The lowest BCUT2D eigenvalue weighted by atomic mass is 10.1. The molecule has 1 saturated heterocycles. The third-order valence-electron chi connectivity index (χ3n) is 3.34. The van der Waals surface area contributed by atoms with E-state index in [-0.39, 0.29) is 5.75 Å². The van der Waals surface area contributed by atoms with E-state index >= 15 is 0 Å². The minimum atomic E-state index is -3.08. The Labute approximate surface area is 130 Å². The van der Waals surface area contributed by atoms with E-state index in [2.05, 4.69) is 29.1 Å². The molecule has 1 fully saturated rings. The number of rotatable bonds is 7. The highest BCUT2D eigenvalue weighted by atomic mass is 32.2. The van der Waals surface area contributed by atoms with Gasteiger partial charge in [0.15, 0.2) is 0 Å². The van der Waals surface area contributed by atoms with E-state index in [0.29, 0.717) is 25.7 Å².